The van der Waals surface area contributed by atoms with E-state index in [1.807, 2.05) is 0 Å². The molecule has 0 saturated carbocycles. The molecule has 0 saturated heterocycles. The lowest BCUT2D eigenvalue weighted by Gasteiger charge is -1.84. The molecule has 0 unspecified atom stereocenters. The molecule has 0 atom stereocenters. The van der Waals surface area contributed by atoms with Gasteiger partial charge >= 0.3 is 0 Å². The monoisotopic (exact) mass is 202 g/mol. The highest BCUT2D eigenvalue weighted by Gasteiger charge is 2.04. The van der Waals surface area contributed by atoms with Gasteiger partial charge in [-0.05, 0) is 0 Å². The number of halogens is 2. The molecule has 0 N–H and O–H groups in total. The molecule has 0 amide bonds. The zero-order valence-corrected chi connectivity index (χ0v) is 7.49. The fourth-order valence-electron chi connectivity index (χ4n) is 0.901. The summed E-state index contributed by atoms with van der Waals surface area (Å²) in [5.74, 6) is -0.0169. The Kier molecular flexibility index (Phi) is 1.94. The first kappa shape index (κ1) is 7.89. The Bertz CT molecular complexity index is 415. The molecule has 0 bridgehead atoms. The van der Waals surface area contributed by atoms with Crippen molar-refractivity contribution >= 4 is 33.3 Å². The summed E-state index contributed by atoms with van der Waals surface area (Å²) in [6.45, 7) is 0. The Morgan fingerprint density at radius 1 is 1.58 bits per heavy atom. The highest BCUT2D eigenvalue weighted by atomic mass is 35.5. The van der Waals surface area contributed by atoms with Crippen molar-refractivity contribution in [2.75, 3.05) is 0 Å². The molecule has 0 aliphatic rings. The van der Waals surface area contributed by atoms with E-state index < -0.39 is 0 Å². The van der Waals surface area contributed by atoms with Crippen molar-refractivity contribution in [2.45, 2.75) is 5.88 Å². The zero-order valence-electron chi connectivity index (χ0n) is 5.92. The van der Waals surface area contributed by atoms with Crippen LogP contribution in [0.3, 0.4) is 0 Å². The van der Waals surface area contributed by atoms with Crippen molar-refractivity contribution in [1.82, 2.24) is 9.97 Å². The van der Waals surface area contributed by atoms with Crippen LogP contribution < -0.4 is 0 Å². The van der Waals surface area contributed by atoms with Gasteiger partial charge in [-0.25, -0.2) is 14.4 Å². The predicted molar refractivity (Wildman–Crippen MR) is 46.9 cm³/mol. The fourth-order valence-corrected chi connectivity index (χ4v) is 1.86. The Morgan fingerprint density at radius 3 is 3.17 bits per heavy atom. The molecule has 2 rings (SSSR count). The Labute approximate surface area is 77.0 Å². The minimum atomic E-state index is -0.367. The van der Waals surface area contributed by atoms with E-state index >= 15 is 0 Å². The van der Waals surface area contributed by atoms with Crippen LogP contribution in [0.15, 0.2) is 12.3 Å². The van der Waals surface area contributed by atoms with Crippen molar-refractivity contribution < 1.29 is 4.39 Å². The number of thiazole rings is 1. The first-order valence-electron chi connectivity index (χ1n) is 3.26. The quantitative estimate of drug-likeness (QED) is 0.665. The van der Waals surface area contributed by atoms with Crippen LogP contribution in [0.4, 0.5) is 4.39 Å². The van der Waals surface area contributed by atoms with Crippen molar-refractivity contribution in [1.29, 1.82) is 0 Å². The van der Waals surface area contributed by atoms with E-state index in [0.717, 1.165) is 9.84 Å². The number of rotatable bonds is 1. The molecular formula is C7H4ClFN2S. The molecule has 0 aliphatic carbocycles. The first-order chi connectivity index (χ1) is 5.79. The van der Waals surface area contributed by atoms with Crippen LogP contribution in [0.1, 0.15) is 5.01 Å². The van der Waals surface area contributed by atoms with Crippen molar-refractivity contribution in [3.63, 3.8) is 0 Å². The molecule has 0 aromatic carbocycles. The van der Waals surface area contributed by atoms with Gasteiger partial charge in [0.25, 0.3) is 0 Å². The molecule has 62 valence electrons. The number of hydrogen-bond acceptors (Lipinski definition) is 3. The van der Waals surface area contributed by atoms with E-state index in [-0.39, 0.29) is 5.82 Å². The Balaban J connectivity index is 2.67. The maximum atomic E-state index is 12.6. The van der Waals surface area contributed by atoms with Crippen molar-refractivity contribution in [2.24, 2.45) is 0 Å². The number of fused-ring (bicyclic) bond motifs is 1. The van der Waals surface area contributed by atoms with Gasteiger partial charge in [0.15, 0.2) is 0 Å². The van der Waals surface area contributed by atoms with E-state index in [1.165, 1.54) is 23.6 Å². The van der Waals surface area contributed by atoms with Gasteiger partial charge in [-0.15, -0.1) is 11.6 Å². The number of hydrogen-bond donors (Lipinski definition) is 0. The number of aromatic nitrogens is 2. The van der Waals surface area contributed by atoms with Crippen LogP contribution in [-0.4, -0.2) is 9.97 Å². The van der Waals surface area contributed by atoms with Crippen LogP contribution in [0.5, 0.6) is 0 Å². The normalized spacial score (nSPS) is 10.8. The van der Waals surface area contributed by atoms with Crippen LogP contribution in [-0.2, 0) is 5.88 Å². The van der Waals surface area contributed by atoms with E-state index in [9.17, 15) is 4.39 Å². The minimum absolute atomic E-state index is 0.350. The second-order valence-corrected chi connectivity index (χ2v) is 3.55. The minimum Gasteiger partial charge on any atom is -0.241 e. The average molecular weight is 203 g/mol. The third-order valence-electron chi connectivity index (χ3n) is 1.37. The number of pyridine rings is 1. The summed E-state index contributed by atoms with van der Waals surface area (Å²) in [5, 5.41) is 0.768. The van der Waals surface area contributed by atoms with Gasteiger partial charge in [0.2, 0.25) is 0 Å². The lowest BCUT2D eigenvalue weighted by molar-refractivity contribution is 0.624. The van der Waals surface area contributed by atoms with Gasteiger partial charge in [0.1, 0.15) is 21.2 Å². The average Bonchev–Trinajstić information content (AvgIpc) is 2.46. The summed E-state index contributed by atoms with van der Waals surface area (Å²) >= 11 is 6.95. The topological polar surface area (TPSA) is 25.8 Å². The summed E-state index contributed by atoms with van der Waals surface area (Å²) < 4.78 is 12.6. The summed E-state index contributed by atoms with van der Waals surface area (Å²) in [7, 11) is 0. The molecular weight excluding hydrogens is 199 g/mol. The molecule has 12 heavy (non-hydrogen) atoms. The summed E-state index contributed by atoms with van der Waals surface area (Å²) in [6, 6.07) is 1.36. The van der Waals surface area contributed by atoms with E-state index in [0.29, 0.717) is 11.4 Å². The number of nitrogens with zero attached hydrogens (tertiary/aromatic N) is 2. The fraction of sp³-hybridized carbons (Fsp3) is 0.143. The first-order valence-corrected chi connectivity index (χ1v) is 4.61. The molecule has 2 aromatic heterocycles. The maximum Gasteiger partial charge on any atom is 0.143 e. The third kappa shape index (κ3) is 1.28. The molecule has 2 nitrogen and oxygen atoms in total. The Morgan fingerprint density at radius 2 is 2.42 bits per heavy atom. The van der Waals surface area contributed by atoms with Gasteiger partial charge in [-0.1, -0.05) is 11.3 Å². The molecule has 0 aliphatic heterocycles. The van der Waals surface area contributed by atoms with Gasteiger partial charge in [0.05, 0.1) is 12.1 Å². The maximum absolute atomic E-state index is 12.6. The van der Waals surface area contributed by atoms with Gasteiger partial charge < -0.3 is 0 Å². The summed E-state index contributed by atoms with van der Waals surface area (Å²) in [5.41, 5.74) is 0.579. The second kappa shape index (κ2) is 2.95. The third-order valence-corrected chi connectivity index (χ3v) is 2.76. The highest BCUT2D eigenvalue weighted by Crippen LogP contribution is 2.21. The summed E-state index contributed by atoms with van der Waals surface area (Å²) in [4.78, 5) is 8.68. The SMILES string of the molecule is Fc1cnc2sc(CCl)nc2c1. The van der Waals surface area contributed by atoms with Crippen LogP contribution in [0.25, 0.3) is 10.3 Å². The largest absolute Gasteiger partial charge is 0.241 e. The molecule has 2 aromatic rings. The van der Waals surface area contributed by atoms with E-state index in [2.05, 4.69) is 9.97 Å². The number of alkyl halides is 1. The Hall–Kier alpha value is -0.740. The second-order valence-electron chi connectivity index (χ2n) is 2.22. The zero-order chi connectivity index (χ0) is 8.55. The van der Waals surface area contributed by atoms with E-state index in [1.54, 1.807) is 0 Å². The predicted octanol–water partition coefficient (Wildman–Crippen LogP) is 2.57. The smallest absolute Gasteiger partial charge is 0.143 e. The highest BCUT2D eigenvalue weighted by molar-refractivity contribution is 7.18. The molecule has 0 radical (unpaired) electrons. The van der Waals surface area contributed by atoms with Gasteiger partial charge in [-0.2, -0.15) is 0 Å². The molecule has 0 spiro atoms. The van der Waals surface area contributed by atoms with Crippen molar-refractivity contribution in [3.05, 3.63) is 23.1 Å². The lowest BCUT2D eigenvalue weighted by Crippen LogP contribution is -1.77. The van der Waals surface area contributed by atoms with Crippen LogP contribution in [0, 0.1) is 5.82 Å². The van der Waals surface area contributed by atoms with E-state index in [4.69, 9.17) is 11.6 Å². The van der Waals surface area contributed by atoms with Crippen LogP contribution in [0.2, 0.25) is 0 Å². The van der Waals surface area contributed by atoms with Crippen LogP contribution >= 0.6 is 22.9 Å². The van der Waals surface area contributed by atoms with Gasteiger partial charge in [0, 0.05) is 6.07 Å². The van der Waals surface area contributed by atoms with Crippen molar-refractivity contribution in [3.8, 4) is 0 Å². The lowest BCUT2D eigenvalue weighted by atomic mass is 10.4. The van der Waals surface area contributed by atoms with Gasteiger partial charge in [-0.3, -0.25) is 0 Å². The summed E-state index contributed by atoms with van der Waals surface area (Å²) in [6.07, 6.45) is 1.18. The molecule has 0 fully saturated rings. The standard InChI is InChI=1S/C7H4ClFN2S/c8-2-6-11-5-1-4(9)3-10-7(5)12-6/h1,3H,2H2. The molecule has 5 heteroatoms. The molecule has 2 heterocycles.